The number of nitrogens with zero attached hydrogens (tertiary/aromatic N) is 1. The number of amides is 1. The first-order valence-electron chi connectivity index (χ1n) is 7.37. The number of halogens is 2. The molecule has 4 nitrogen and oxygen atoms in total. The van der Waals surface area contributed by atoms with Crippen molar-refractivity contribution >= 4 is 29.3 Å². The zero-order valence-electron chi connectivity index (χ0n) is 13.1. The zero-order chi connectivity index (χ0) is 16.5. The van der Waals surface area contributed by atoms with Gasteiger partial charge in [-0.1, -0.05) is 23.2 Å². The lowest BCUT2D eigenvalue weighted by Crippen LogP contribution is -2.46. The van der Waals surface area contributed by atoms with Crippen molar-refractivity contribution in [2.45, 2.75) is 51.3 Å². The summed E-state index contributed by atoms with van der Waals surface area (Å²) in [4.78, 5) is 14.2. The van der Waals surface area contributed by atoms with Gasteiger partial charge < -0.3 is 15.4 Å². The van der Waals surface area contributed by atoms with Crippen LogP contribution in [0.3, 0.4) is 0 Å². The van der Waals surface area contributed by atoms with Gasteiger partial charge in [-0.3, -0.25) is 0 Å². The van der Waals surface area contributed by atoms with Crippen LogP contribution in [0.2, 0.25) is 10.0 Å². The van der Waals surface area contributed by atoms with Crippen LogP contribution in [-0.4, -0.2) is 29.2 Å². The van der Waals surface area contributed by atoms with Crippen molar-refractivity contribution in [2.75, 3.05) is 6.54 Å². The summed E-state index contributed by atoms with van der Waals surface area (Å²) in [7, 11) is 0. The van der Waals surface area contributed by atoms with Crippen LogP contribution >= 0.6 is 23.2 Å². The molecule has 0 aromatic heterocycles. The highest BCUT2D eigenvalue weighted by Gasteiger charge is 2.34. The topological polar surface area (TPSA) is 55.6 Å². The summed E-state index contributed by atoms with van der Waals surface area (Å²) in [5.41, 5.74) is 6.44. The molecular weight excluding hydrogens is 323 g/mol. The first kappa shape index (κ1) is 17.4. The van der Waals surface area contributed by atoms with Crippen molar-refractivity contribution in [1.82, 2.24) is 4.90 Å². The molecular formula is C16H22Cl2N2O2. The van der Waals surface area contributed by atoms with Gasteiger partial charge in [0.2, 0.25) is 0 Å². The van der Waals surface area contributed by atoms with Gasteiger partial charge in [0.05, 0.1) is 6.04 Å². The van der Waals surface area contributed by atoms with E-state index in [-0.39, 0.29) is 18.2 Å². The number of nitrogens with two attached hydrogens (primary N) is 1. The normalized spacial score (nSPS) is 22.5. The molecule has 1 amide bonds. The van der Waals surface area contributed by atoms with Gasteiger partial charge in [-0.25, -0.2) is 4.79 Å². The summed E-state index contributed by atoms with van der Waals surface area (Å²) < 4.78 is 5.50. The lowest BCUT2D eigenvalue weighted by Gasteiger charge is -2.39. The molecule has 0 saturated carbocycles. The second kappa shape index (κ2) is 6.65. The number of carbonyl (C=O) groups is 1. The molecule has 122 valence electrons. The van der Waals surface area contributed by atoms with E-state index in [1.54, 1.807) is 11.0 Å². The minimum atomic E-state index is -0.535. The molecule has 0 radical (unpaired) electrons. The number of hydrogen-bond acceptors (Lipinski definition) is 3. The van der Waals surface area contributed by atoms with Crippen molar-refractivity contribution in [1.29, 1.82) is 0 Å². The maximum absolute atomic E-state index is 12.5. The second-order valence-electron chi connectivity index (χ2n) is 6.68. The lowest BCUT2D eigenvalue weighted by molar-refractivity contribution is 0.00797. The van der Waals surface area contributed by atoms with Crippen LogP contribution in [0.4, 0.5) is 4.79 Å². The highest BCUT2D eigenvalue weighted by Crippen LogP contribution is 2.34. The average Bonchev–Trinajstić information content (AvgIpc) is 2.35. The van der Waals surface area contributed by atoms with Crippen LogP contribution in [0, 0.1) is 0 Å². The first-order chi connectivity index (χ1) is 10.2. The molecule has 2 atom stereocenters. The number of piperidine rings is 1. The van der Waals surface area contributed by atoms with Gasteiger partial charge in [0, 0.05) is 22.6 Å². The van der Waals surface area contributed by atoms with Gasteiger partial charge in [-0.2, -0.15) is 0 Å². The minimum Gasteiger partial charge on any atom is -0.444 e. The van der Waals surface area contributed by atoms with E-state index in [0.717, 1.165) is 12.0 Å². The summed E-state index contributed by atoms with van der Waals surface area (Å²) in [5.74, 6) is 0. The highest BCUT2D eigenvalue weighted by molar-refractivity contribution is 6.34. The largest absolute Gasteiger partial charge is 0.444 e. The maximum atomic E-state index is 12.5. The molecule has 2 unspecified atom stereocenters. The van der Waals surface area contributed by atoms with Crippen LogP contribution < -0.4 is 5.73 Å². The van der Waals surface area contributed by atoms with Crippen molar-refractivity contribution < 1.29 is 9.53 Å². The van der Waals surface area contributed by atoms with E-state index in [4.69, 9.17) is 33.7 Å². The van der Waals surface area contributed by atoms with E-state index in [9.17, 15) is 4.79 Å². The molecule has 0 bridgehead atoms. The lowest BCUT2D eigenvalue weighted by atomic mass is 9.92. The summed E-state index contributed by atoms with van der Waals surface area (Å²) in [6, 6.07) is 5.20. The van der Waals surface area contributed by atoms with Crippen LogP contribution in [0.25, 0.3) is 0 Å². The third kappa shape index (κ3) is 4.51. The number of hydrogen-bond donors (Lipinski definition) is 1. The van der Waals surface area contributed by atoms with Crippen LogP contribution in [0.15, 0.2) is 18.2 Å². The predicted molar refractivity (Wildman–Crippen MR) is 89.4 cm³/mol. The highest BCUT2D eigenvalue weighted by atomic mass is 35.5. The minimum absolute atomic E-state index is 0.0430. The Morgan fingerprint density at radius 3 is 2.41 bits per heavy atom. The van der Waals surface area contributed by atoms with Gasteiger partial charge in [0.25, 0.3) is 0 Å². The monoisotopic (exact) mass is 344 g/mol. The smallest absolute Gasteiger partial charge is 0.410 e. The molecule has 22 heavy (non-hydrogen) atoms. The number of ether oxygens (including phenoxy) is 1. The van der Waals surface area contributed by atoms with E-state index >= 15 is 0 Å². The van der Waals surface area contributed by atoms with Crippen molar-refractivity contribution in [3.8, 4) is 0 Å². The summed E-state index contributed by atoms with van der Waals surface area (Å²) >= 11 is 12.2. The maximum Gasteiger partial charge on any atom is 0.410 e. The third-order valence-corrected chi connectivity index (χ3v) is 3.98. The number of likely N-dealkylation sites (tertiary alicyclic amines) is 1. The molecule has 0 aliphatic carbocycles. The van der Waals surface area contributed by atoms with Crippen LogP contribution in [-0.2, 0) is 4.74 Å². The van der Waals surface area contributed by atoms with E-state index in [1.807, 2.05) is 32.9 Å². The van der Waals surface area contributed by atoms with Crippen molar-refractivity contribution in [2.24, 2.45) is 5.73 Å². The molecule has 0 spiro atoms. The standard InChI is InChI=1S/C16H22Cl2N2O2/c1-16(2,3)22-15(21)20-5-4-13(19)9-14(20)10-6-11(17)8-12(18)7-10/h6-8,13-14H,4-5,9,19H2,1-3H3. The Bertz CT molecular complexity index is 537. The van der Waals surface area contributed by atoms with Crippen molar-refractivity contribution in [3.63, 3.8) is 0 Å². The van der Waals surface area contributed by atoms with Gasteiger partial charge in [-0.05, 0) is 57.4 Å². The van der Waals surface area contributed by atoms with Gasteiger partial charge in [0.1, 0.15) is 5.60 Å². The van der Waals surface area contributed by atoms with E-state index in [2.05, 4.69) is 0 Å². The third-order valence-electron chi connectivity index (χ3n) is 3.54. The fourth-order valence-corrected chi connectivity index (χ4v) is 3.16. The average molecular weight is 345 g/mol. The Balaban J connectivity index is 2.29. The molecule has 2 rings (SSSR count). The second-order valence-corrected chi connectivity index (χ2v) is 7.55. The Hall–Kier alpha value is -0.970. The first-order valence-corrected chi connectivity index (χ1v) is 8.12. The number of rotatable bonds is 1. The quantitative estimate of drug-likeness (QED) is 0.821. The van der Waals surface area contributed by atoms with E-state index in [0.29, 0.717) is 23.0 Å². The van der Waals surface area contributed by atoms with Crippen LogP contribution in [0.1, 0.15) is 45.2 Å². The summed E-state index contributed by atoms with van der Waals surface area (Å²) in [5, 5.41) is 1.09. The van der Waals surface area contributed by atoms with Gasteiger partial charge in [0.15, 0.2) is 0 Å². The molecule has 1 aromatic rings. The molecule has 1 saturated heterocycles. The fraction of sp³-hybridized carbons (Fsp3) is 0.562. The SMILES string of the molecule is CC(C)(C)OC(=O)N1CCC(N)CC1c1cc(Cl)cc(Cl)c1. The van der Waals surface area contributed by atoms with Crippen molar-refractivity contribution in [3.05, 3.63) is 33.8 Å². The fourth-order valence-electron chi connectivity index (χ4n) is 2.62. The Labute approximate surface area is 141 Å². The van der Waals surface area contributed by atoms with Gasteiger partial charge >= 0.3 is 6.09 Å². The summed E-state index contributed by atoms with van der Waals surface area (Å²) in [6.07, 6.45) is 1.08. The summed E-state index contributed by atoms with van der Waals surface area (Å²) in [6.45, 7) is 6.12. The Kier molecular flexibility index (Phi) is 5.25. The zero-order valence-corrected chi connectivity index (χ0v) is 14.6. The molecule has 1 fully saturated rings. The molecule has 1 heterocycles. The number of carbonyl (C=O) groups excluding carboxylic acids is 1. The number of benzene rings is 1. The predicted octanol–water partition coefficient (Wildman–Crippen LogP) is 4.39. The molecule has 1 aromatic carbocycles. The Morgan fingerprint density at radius 1 is 1.27 bits per heavy atom. The molecule has 1 aliphatic heterocycles. The Morgan fingerprint density at radius 2 is 1.86 bits per heavy atom. The van der Waals surface area contributed by atoms with Crippen LogP contribution in [0.5, 0.6) is 0 Å². The molecule has 6 heteroatoms. The molecule has 1 aliphatic rings. The van der Waals surface area contributed by atoms with E-state index in [1.165, 1.54) is 0 Å². The van der Waals surface area contributed by atoms with E-state index < -0.39 is 5.60 Å². The van der Waals surface area contributed by atoms with Gasteiger partial charge in [-0.15, -0.1) is 0 Å². The molecule has 2 N–H and O–H groups in total.